The van der Waals surface area contributed by atoms with Crippen LogP contribution in [0.2, 0.25) is 0 Å². The molecule has 4 heteroatoms. The van der Waals surface area contributed by atoms with Crippen LogP contribution in [0.1, 0.15) is 11.1 Å². The molecule has 0 aliphatic carbocycles. The van der Waals surface area contributed by atoms with Crippen LogP contribution in [-0.4, -0.2) is 10.1 Å². The van der Waals surface area contributed by atoms with Crippen LogP contribution < -0.4 is 4.74 Å². The Labute approximate surface area is 121 Å². The smallest absolute Gasteiger partial charge is 0.219 e. The van der Waals surface area contributed by atoms with E-state index >= 15 is 0 Å². The van der Waals surface area contributed by atoms with Crippen LogP contribution in [-0.2, 0) is 6.61 Å². The van der Waals surface area contributed by atoms with Gasteiger partial charge in [-0.15, -0.1) is 0 Å². The number of aromatic nitrogens is 1. The molecule has 0 saturated heterocycles. The van der Waals surface area contributed by atoms with E-state index in [0.717, 1.165) is 16.5 Å². The van der Waals surface area contributed by atoms with Crippen molar-refractivity contribution < 1.29 is 9.84 Å². The van der Waals surface area contributed by atoms with E-state index < -0.39 is 0 Å². The number of pyridine rings is 1. The molecule has 0 saturated carbocycles. The van der Waals surface area contributed by atoms with Crippen LogP contribution >= 0.6 is 0 Å². The van der Waals surface area contributed by atoms with Gasteiger partial charge in [0.25, 0.3) is 0 Å². The van der Waals surface area contributed by atoms with E-state index in [1.807, 2.05) is 24.3 Å². The zero-order valence-electron chi connectivity index (χ0n) is 11.2. The third-order valence-corrected chi connectivity index (χ3v) is 3.10. The molecule has 0 bridgehead atoms. The number of hydrogen-bond donors (Lipinski definition) is 1. The third kappa shape index (κ3) is 2.83. The lowest BCUT2D eigenvalue weighted by atomic mass is 10.1. The number of rotatable bonds is 3. The van der Waals surface area contributed by atoms with Crippen molar-refractivity contribution in [3.8, 4) is 17.7 Å². The van der Waals surface area contributed by atoms with Gasteiger partial charge in [0.15, 0.2) is 0 Å². The Morgan fingerprint density at radius 3 is 2.81 bits per heavy atom. The average Bonchev–Trinajstić information content (AvgIpc) is 2.54. The van der Waals surface area contributed by atoms with Crippen molar-refractivity contribution in [3.05, 3.63) is 65.7 Å². The van der Waals surface area contributed by atoms with E-state index in [4.69, 9.17) is 15.1 Å². The highest BCUT2D eigenvalue weighted by Crippen LogP contribution is 2.23. The molecular weight excluding hydrogens is 264 g/mol. The van der Waals surface area contributed by atoms with E-state index in [1.165, 1.54) is 0 Å². The molecule has 1 N–H and O–H groups in total. The number of hydrogen-bond acceptors (Lipinski definition) is 4. The van der Waals surface area contributed by atoms with Crippen LogP contribution in [0.15, 0.2) is 54.6 Å². The Hall–Kier alpha value is -2.90. The van der Waals surface area contributed by atoms with Crippen molar-refractivity contribution in [1.82, 2.24) is 4.98 Å². The minimum absolute atomic E-state index is 0.0285. The Kier molecular flexibility index (Phi) is 3.50. The second kappa shape index (κ2) is 5.61. The number of nitrogens with zero attached hydrogens (tertiary/aromatic N) is 2. The fourth-order valence-electron chi connectivity index (χ4n) is 2.06. The van der Waals surface area contributed by atoms with E-state index in [-0.39, 0.29) is 6.61 Å². The highest BCUT2D eigenvalue weighted by atomic mass is 16.5. The standard InChI is InChI=1S/C17H12N2O2/c18-10-12-4-6-16-14(8-12)5-7-17(19-16)21-15-3-1-2-13(9-15)11-20/h1-9,20H,11H2. The lowest BCUT2D eigenvalue weighted by Crippen LogP contribution is -1.90. The van der Waals surface area contributed by atoms with Gasteiger partial charge in [0.1, 0.15) is 5.75 Å². The minimum Gasteiger partial charge on any atom is -0.439 e. The zero-order valence-corrected chi connectivity index (χ0v) is 11.2. The topological polar surface area (TPSA) is 66.1 Å². The molecule has 4 nitrogen and oxygen atoms in total. The predicted molar refractivity (Wildman–Crippen MR) is 78.9 cm³/mol. The second-order valence-electron chi connectivity index (χ2n) is 4.58. The summed E-state index contributed by atoms with van der Waals surface area (Å²) in [5.74, 6) is 1.10. The quantitative estimate of drug-likeness (QED) is 0.796. The predicted octanol–water partition coefficient (Wildman–Crippen LogP) is 3.39. The first-order chi connectivity index (χ1) is 10.3. The van der Waals surface area contributed by atoms with Gasteiger partial charge in [-0.1, -0.05) is 12.1 Å². The molecule has 3 rings (SSSR count). The van der Waals surface area contributed by atoms with Gasteiger partial charge in [0, 0.05) is 11.5 Å². The maximum absolute atomic E-state index is 9.12. The first-order valence-electron chi connectivity index (χ1n) is 6.47. The monoisotopic (exact) mass is 276 g/mol. The van der Waals surface area contributed by atoms with Gasteiger partial charge in [-0.3, -0.25) is 0 Å². The lowest BCUT2D eigenvalue weighted by molar-refractivity contribution is 0.281. The third-order valence-electron chi connectivity index (χ3n) is 3.10. The maximum atomic E-state index is 9.12. The SMILES string of the molecule is N#Cc1ccc2nc(Oc3cccc(CO)c3)ccc2c1. The normalized spacial score (nSPS) is 10.3. The Bertz CT molecular complexity index is 838. The number of ether oxygens (including phenoxy) is 1. The molecular formula is C17H12N2O2. The van der Waals surface area contributed by atoms with Crippen molar-refractivity contribution in [3.63, 3.8) is 0 Å². The molecule has 0 amide bonds. The van der Waals surface area contributed by atoms with E-state index in [9.17, 15) is 0 Å². The first kappa shape index (κ1) is 13.1. The summed E-state index contributed by atoms with van der Waals surface area (Å²) in [5.41, 5.74) is 2.16. The van der Waals surface area contributed by atoms with Crippen molar-refractivity contribution in [1.29, 1.82) is 5.26 Å². The molecule has 2 aromatic carbocycles. The van der Waals surface area contributed by atoms with Crippen molar-refractivity contribution in [2.75, 3.05) is 0 Å². The van der Waals surface area contributed by atoms with Gasteiger partial charge < -0.3 is 9.84 Å². The molecule has 102 valence electrons. The summed E-state index contributed by atoms with van der Waals surface area (Å²) in [7, 11) is 0. The molecule has 0 aliphatic rings. The van der Waals surface area contributed by atoms with Crippen LogP contribution in [0.3, 0.4) is 0 Å². The second-order valence-corrected chi connectivity index (χ2v) is 4.58. The van der Waals surface area contributed by atoms with Crippen LogP contribution in [0.4, 0.5) is 0 Å². The molecule has 0 radical (unpaired) electrons. The Morgan fingerprint density at radius 2 is 2.00 bits per heavy atom. The van der Waals surface area contributed by atoms with Gasteiger partial charge >= 0.3 is 0 Å². The minimum atomic E-state index is -0.0285. The fourth-order valence-corrected chi connectivity index (χ4v) is 2.06. The Balaban J connectivity index is 1.92. The van der Waals surface area contributed by atoms with Gasteiger partial charge in [-0.25, -0.2) is 4.98 Å². The first-order valence-corrected chi connectivity index (χ1v) is 6.47. The van der Waals surface area contributed by atoms with Crippen molar-refractivity contribution >= 4 is 10.9 Å². The van der Waals surface area contributed by atoms with Crippen LogP contribution in [0.5, 0.6) is 11.6 Å². The molecule has 0 spiro atoms. The summed E-state index contributed by atoms with van der Waals surface area (Å²) in [6.07, 6.45) is 0. The summed E-state index contributed by atoms with van der Waals surface area (Å²) in [4.78, 5) is 4.41. The van der Waals surface area contributed by atoms with Gasteiger partial charge in [-0.05, 0) is 42.0 Å². The molecule has 1 aromatic heterocycles. The van der Waals surface area contributed by atoms with Gasteiger partial charge in [-0.2, -0.15) is 5.26 Å². The zero-order chi connectivity index (χ0) is 14.7. The van der Waals surface area contributed by atoms with E-state index in [0.29, 0.717) is 17.2 Å². The fraction of sp³-hybridized carbons (Fsp3) is 0.0588. The molecule has 0 atom stereocenters. The molecule has 0 unspecified atom stereocenters. The summed E-state index contributed by atoms with van der Waals surface area (Å²) >= 11 is 0. The number of aliphatic hydroxyl groups is 1. The molecule has 21 heavy (non-hydrogen) atoms. The summed E-state index contributed by atoms with van der Waals surface area (Å²) in [5, 5.41) is 18.9. The number of benzene rings is 2. The van der Waals surface area contributed by atoms with Gasteiger partial charge in [0.05, 0.1) is 23.8 Å². The highest BCUT2D eigenvalue weighted by Gasteiger charge is 2.03. The summed E-state index contributed by atoms with van der Waals surface area (Å²) in [6, 6.07) is 18.3. The molecule has 1 heterocycles. The molecule has 0 fully saturated rings. The summed E-state index contributed by atoms with van der Waals surface area (Å²) in [6.45, 7) is -0.0285. The largest absolute Gasteiger partial charge is 0.439 e. The number of aliphatic hydroxyl groups excluding tert-OH is 1. The van der Waals surface area contributed by atoms with Gasteiger partial charge in [0.2, 0.25) is 5.88 Å². The Morgan fingerprint density at radius 1 is 1.10 bits per heavy atom. The average molecular weight is 276 g/mol. The summed E-state index contributed by atoms with van der Waals surface area (Å²) < 4.78 is 5.70. The van der Waals surface area contributed by atoms with Crippen LogP contribution in [0.25, 0.3) is 10.9 Å². The highest BCUT2D eigenvalue weighted by molar-refractivity contribution is 5.80. The molecule has 0 aliphatic heterocycles. The van der Waals surface area contributed by atoms with E-state index in [2.05, 4.69) is 11.1 Å². The van der Waals surface area contributed by atoms with Crippen LogP contribution in [0, 0.1) is 11.3 Å². The van der Waals surface area contributed by atoms with Crippen molar-refractivity contribution in [2.45, 2.75) is 6.61 Å². The van der Waals surface area contributed by atoms with Crippen molar-refractivity contribution in [2.24, 2.45) is 0 Å². The number of nitriles is 1. The number of fused-ring (bicyclic) bond motifs is 1. The molecule has 3 aromatic rings. The lowest BCUT2D eigenvalue weighted by Gasteiger charge is -2.07. The maximum Gasteiger partial charge on any atom is 0.219 e. The van der Waals surface area contributed by atoms with E-state index in [1.54, 1.807) is 30.3 Å².